The van der Waals surface area contributed by atoms with Gasteiger partial charge in [0.15, 0.2) is 0 Å². The fourth-order valence-corrected chi connectivity index (χ4v) is 4.15. The summed E-state index contributed by atoms with van der Waals surface area (Å²) in [6, 6.07) is 4.89. The normalized spacial score (nSPS) is 15.8. The second-order valence-electron chi connectivity index (χ2n) is 5.15. The quantitative estimate of drug-likeness (QED) is 0.882. The van der Waals surface area contributed by atoms with Gasteiger partial charge in [0.1, 0.15) is 28.8 Å². The molecule has 0 spiro atoms. The Morgan fingerprint density at radius 2 is 2.14 bits per heavy atom. The lowest BCUT2D eigenvalue weighted by Crippen LogP contribution is -2.32. The molecule has 6 nitrogen and oxygen atoms in total. The highest BCUT2D eigenvalue weighted by Crippen LogP contribution is 2.35. The van der Waals surface area contributed by atoms with Crippen LogP contribution in [0, 0.1) is 6.92 Å². The molecule has 2 aromatic rings. The predicted octanol–water partition coefficient (Wildman–Crippen LogP) is 2.03. The first-order chi connectivity index (χ1) is 10.0. The summed E-state index contributed by atoms with van der Waals surface area (Å²) in [6.45, 7) is 1.47. The average molecular weight is 311 g/mol. The van der Waals surface area contributed by atoms with Crippen LogP contribution in [-0.2, 0) is 23.2 Å². The van der Waals surface area contributed by atoms with Crippen LogP contribution in [0.5, 0.6) is 0 Å². The third-order valence-corrected chi connectivity index (χ3v) is 5.52. The Hall–Kier alpha value is -1.57. The van der Waals surface area contributed by atoms with Crippen LogP contribution in [0.2, 0.25) is 0 Å². The fourth-order valence-electron chi connectivity index (χ4n) is 2.31. The van der Waals surface area contributed by atoms with E-state index >= 15 is 0 Å². The molecule has 0 aliphatic heterocycles. The van der Waals surface area contributed by atoms with Crippen molar-refractivity contribution in [1.82, 2.24) is 4.31 Å². The smallest absolute Gasteiger partial charge is 0.247 e. The number of hydrogen-bond donors (Lipinski definition) is 1. The van der Waals surface area contributed by atoms with Crippen LogP contribution < -0.4 is 0 Å². The first-order valence-electron chi connectivity index (χ1n) is 6.77. The van der Waals surface area contributed by atoms with Crippen molar-refractivity contribution in [3.05, 3.63) is 41.7 Å². The highest BCUT2D eigenvalue weighted by atomic mass is 32.2. The molecule has 0 unspecified atom stereocenters. The van der Waals surface area contributed by atoms with Crippen LogP contribution in [0.15, 0.2) is 38.2 Å². The Morgan fingerprint density at radius 3 is 2.67 bits per heavy atom. The van der Waals surface area contributed by atoms with Crippen molar-refractivity contribution in [3.63, 3.8) is 0 Å². The van der Waals surface area contributed by atoms with E-state index in [0.29, 0.717) is 11.5 Å². The number of sulfonamides is 1. The van der Waals surface area contributed by atoms with Gasteiger partial charge in [-0.05, 0) is 31.9 Å². The standard InChI is InChI=1S/C14H17NO5S/c1-10-14(7-13(9-16)20-10)21(17,18)15(11-4-5-11)8-12-3-2-6-19-12/h2-3,6-7,11,16H,4-5,8-9H2,1H3. The average Bonchev–Trinajstić information content (AvgIpc) is 2.99. The van der Waals surface area contributed by atoms with E-state index in [-0.39, 0.29) is 29.8 Å². The molecule has 1 N–H and O–H groups in total. The molecule has 0 atom stereocenters. The van der Waals surface area contributed by atoms with Crippen molar-refractivity contribution < 1.29 is 22.4 Å². The SMILES string of the molecule is Cc1oc(CO)cc1S(=O)(=O)N(Cc1ccco1)C1CC1. The minimum Gasteiger partial charge on any atom is -0.468 e. The molecular formula is C14H17NO5S. The van der Waals surface area contributed by atoms with Crippen LogP contribution >= 0.6 is 0 Å². The van der Waals surface area contributed by atoms with Crippen molar-refractivity contribution in [3.8, 4) is 0 Å². The van der Waals surface area contributed by atoms with Gasteiger partial charge in [0, 0.05) is 12.1 Å². The molecule has 1 aliphatic carbocycles. The van der Waals surface area contributed by atoms with Crippen molar-refractivity contribution in [2.75, 3.05) is 0 Å². The third kappa shape index (κ3) is 2.76. The van der Waals surface area contributed by atoms with Gasteiger partial charge in [-0.1, -0.05) is 0 Å². The number of hydrogen-bond acceptors (Lipinski definition) is 5. The maximum Gasteiger partial charge on any atom is 0.247 e. The molecule has 114 valence electrons. The van der Waals surface area contributed by atoms with Gasteiger partial charge >= 0.3 is 0 Å². The van der Waals surface area contributed by atoms with E-state index in [1.165, 1.54) is 16.6 Å². The van der Waals surface area contributed by atoms with E-state index in [4.69, 9.17) is 13.9 Å². The zero-order valence-electron chi connectivity index (χ0n) is 11.7. The number of rotatable bonds is 6. The second-order valence-corrected chi connectivity index (χ2v) is 7.01. The predicted molar refractivity (Wildman–Crippen MR) is 73.8 cm³/mol. The summed E-state index contributed by atoms with van der Waals surface area (Å²) in [5.41, 5.74) is 0. The molecule has 0 bridgehead atoms. The van der Waals surface area contributed by atoms with Crippen LogP contribution in [0.1, 0.15) is 30.1 Å². The van der Waals surface area contributed by atoms with Gasteiger partial charge in [-0.15, -0.1) is 0 Å². The molecule has 0 radical (unpaired) electrons. The summed E-state index contributed by atoms with van der Waals surface area (Å²) < 4.78 is 37.6. The summed E-state index contributed by atoms with van der Waals surface area (Å²) in [4.78, 5) is 0.116. The lowest BCUT2D eigenvalue weighted by molar-refractivity contribution is 0.244. The fraction of sp³-hybridized carbons (Fsp3) is 0.429. The lowest BCUT2D eigenvalue weighted by Gasteiger charge is -2.20. The molecule has 3 rings (SSSR count). The number of aliphatic hydroxyl groups excluding tert-OH is 1. The van der Waals surface area contributed by atoms with Gasteiger partial charge in [0.2, 0.25) is 10.0 Å². The molecule has 2 aromatic heterocycles. The Labute approximate surface area is 123 Å². The molecular weight excluding hydrogens is 294 g/mol. The van der Waals surface area contributed by atoms with Crippen molar-refractivity contribution >= 4 is 10.0 Å². The van der Waals surface area contributed by atoms with E-state index < -0.39 is 10.0 Å². The summed E-state index contributed by atoms with van der Waals surface area (Å²) in [5, 5.41) is 9.09. The molecule has 7 heteroatoms. The van der Waals surface area contributed by atoms with Gasteiger partial charge in [0.25, 0.3) is 0 Å². The van der Waals surface area contributed by atoms with E-state index in [1.54, 1.807) is 19.1 Å². The molecule has 0 saturated heterocycles. The summed E-state index contributed by atoms with van der Waals surface area (Å²) >= 11 is 0. The van der Waals surface area contributed by atoms with Gasteiger partial charge in [-0.3, -0.25) is 0 Å². The maximum absolute atomic E-state index is 12.8. The Balaban J connectivity index is 1.95. The summed E-state index contributed by atoms with van der Waals surface area (Å²) in [5.74, 6) is 1.15. The van der Waals surface area contributed by atoms with E-state index in [1.807, 2.05) is 0 Å². The van der Waals surface area contributed by atoms with Crippen molar-refractivity contribution in [2.45, 2.75) is 43.9 Å². The number of nitrogens with zero attached hydrogens (tertiary/aromatic N) is 1. The second kappa shape index (κ2) is 5.32. The first-order valence-corrected chi connectivity index (χ1v) is 8.21. The summed E-state index contributed by atoms with van der Waals surface area (Å²) in [6.07, 6.45) is 3.23. The van der Waals surface area contributed by atoms with Gasteiger partial charge in [-0.25, -0.2) is 8.42 Å². The Kier molecular flexibility index (Phi) is 3.64. The Bertz CT molecular complexity index is 713. The monoisotopic (exact) mass is 311 g/mol. The molecule has 2 heterocycles. The zero-order chi connectivity index (χ0) is 15.0. The lowest BCUT2D eigenvalue weighted by atomic mass is 10.4. The zero-order valence-corrected chi connectivity index (χ0v) is 12.5. The third-order valence-electron chi connectivity index (χ3n) is 3.51. The van der Waals surface area contributed by atoms with Crippen molar-refractivity contribution in [1.29, 1.82) is 0 Å². The Morgan fingerprint density at radius 1 is 1.38 bits per heavy atom. The summed E-state index contributed by atoms with van der Waals surface area (Å²) in [7, 11) is -3.67. The molecule has 21 heavy (non-hydrogen) atoms. The maximum atomic E-state index is 12.8. The van der Waals surface area contributed by atoms with Gasteiger partial charge in [-0.2, -0.15) is 4.31 Å². The van der Waals surface area contributed by atoms with Crippen LogP contribution in [0.3, 0.4) is 0 Å². The number of aryl methyl sites for hydroxylation is 1. The van der Waals surface area contributed by atoms with E-state index in [0.717, 1.165) is 12.8 Å². The van der Waals surface area contributed by atoms with Crippen molar-refractivity contribution in [2.24, 2.45) is 0 Å². The molecule has 1 fully saturated rings. The molecule has 1 aliphatic rings. The number of aliphatic hydroxyl groups is 1. The van der Waals surface area contributed by atoms with Gasteiger partial charge in [0.05, 0.1) is 12.8 Å². The largest absolute Gasteiger partial charge is 0.468 e. The highest BCUT2D eigenvalue weighted by molar-refractivity contribution is 7.89. The first kappa shape index (κ1) is 14.4. The van der Waals surface area contributed by atoms with Crippen LogP contribution in [0.4, 0.5) is 0 Å². The van der Waals surface area contributed by atoms with E-state index in [2.05, 4.69) is 0 Å². The number of furan rings is 2. The van der Waals surface area contributed by atoms with E-state index in [9.17, 15) is 8.42 Å². The van der Waals surface area contributed by atoms with Gasteiger partial charge < -0.3 is 13.9 Å². The molecule has 0 amide bonds. The molecule has 0 aromatic carbocycles. The minimum atomic E-state index is -3.67. The topological polar surface area (TPSA) is 83.9 Å². The van der Waals surface area contributed by atoms with Crippen LogP contribution in [0.25, 0.3) is 0 Å². The molecule has 1 saturated carbocycles. The van der Waals surface area contributed by atoms with Crippen LogP contribution in [-0.4, -0.2) is 23.9 Å². The minimum absolute atomic E-state index is 0.00646. The highest BCUT2D eigenvalue weighted by Gasteiger charge is 2.40.